The van der Waals surface area contributed by atoms with Crippen molar-refractivity contribution in [3.63, 3.8) is 0 Å². The second-order valence-corrected chi connectivity index (χ2v) is 5.04. The Bertz CT molecular complexity index is 513. The van der Waals surface area contributed by atoms with Gasteiger partial charge < -0.3 is 9.84 Å². The maximum absolute atomic E-state index is 8.96. The molecule has 0 radical (unpaired) electrons. The molecule has 0 fully saturated rings. The number of aliphatic hydroxyl groups excluding tert-OH is 1. The number of halogens is 1. The molecule has 0 saturated carbocycles. The van der Waals surface area contributed by atoms with E-state index >= 15 is 0 Å². The number of nitrogens with zero attached hydrogens (tertiary/aromatic N) is 1. The standard InChI is InChI=1S/C12H12ClNO2S/c1-8-14-10(7-17-8)6-16-12-3-2-9(5-15)4-11(12)13/h2-4,7,15H,5-6H2,1H3. The average molecular weight is 270 g/mol. The predicted octanol–water partition coefficient (Wildman–Crippen LogP) is 3.18. The first kappa shape index (κ1) is 12.4. The molecule has 3 nitrogen and oxygen atoms in total. The number of aromatic nitrogens is 1. The van der Waals surface area contributed by atoms with Crippen LogP contribution in [-0.4, -0.2) is 10.1 Å². The van der Waals surface area contributed by atoms with Gasteiger partial charge in [-0.05, 0) is 24.6 Å². The van der Waals surface area contributed by atoms with Crippen molar-refractivity contribution in [1.29, 1.82) is 0 Å². The van der Waals surface area contributed by atoms with Crippen LogP contribution in [0.4, 0.5) is 0 Å². The van der Waals surface area contributed by atoms with E-state index in [4.69, 9.17) is 21.4 Å². The third-order valence-corrected chi connectivity index (χ3v) is 3.34. The summed E-state index contributed by atoms with van der Waals surface area (Å²) >= 11 is 7.62. The number of rotatable bonds is 4. The van der Waals surface area contributed by atoms with Gasteiger partial charge in [0.1, 0.15) is 12.4 Å². The molecule has 1 aromatic heterocycles. The summed E-state index contributed by atoms with van der Waals surface area (Å²) in [5.74, 6) is 0.606. The highest BCUT2D eigenvalue weighted by atomic mass is 35.5. The molecule has 1 N–H and O–H groups in total. The number of hydrogen-bond acceptors (Lipinski definition) is 4. The van der Waals surface area contributed by atoms with Crippen LogP contribution in [0.2, 0.25) is 5.02 Å². The van der Waals surface area contributed by atoms with E-state index in [-0.39, 0.29) is 6.61 Å². The van der Waals surface area contributed by atoms with E-state index in [2.05, 4.69) is 4.98 Å². The van der Waals surface area contributed by atoms with Crippen molar-refractivity contribution in [2.24, 2.45) is 0 Å². The van der Waals surface area contributed by atoms with Crippen molar-refractivity contribution in [3.8, 4) is 5.75 Å². The minimum atomic E-state index is -0.0225. The first-order valence-electron chi connectivity index (χ1n) is 5.12. The summed E-state index contributed by atoms with van der Waals surface area (Å²) in [6, 6.07) is 5.24. The van der Waals surface area contributed by atoms with Crippen molar-refractivity contribution in [3.05, 3.63) is 44.9 Å². The number of aryl methyl sites for hydroxylation is 1. The molecule has 90 valence electrons. The molecule has 0 spiro atoms. The molecular formula is C12H12ClNO2S. The quantitative estimate of drug-likeness (QED) is 0.927. The Morgan fingerprint density at radius 3 is 2.88 bits per heavy atom. The molecule has 5 heteroatoms. The highest BCUT2D eigenvalue weighted by Crippen LogP contribution is 2.26. The molecule has 1 aromatic carbocycles. The van der Waals surface area contributed by atoms with Crippen molar-refractivity contribution in [2.45, 2.75) is 20.1 Å². The lowest BCUT2D eigenvalue weighted by Gasteiger charge is -2.07. The monoisotopic (exact) mass is 269 g/mol. The summed E-state index contributed by atoms with van der Waals surface area (Å²) in [6.07, 6.45) is 0. The fraction of sp³-hybridized carbons (Fsp3) is 0.250. The minimum absolute atomic E-state index is 0.0225. The van der Waals surface area contributed by atoms with E-state index in [1.165, 1.54) is 0 Å². The van der Waals surface area contributed by atoms with E-state index < -0.39 is 0 Å². The van der Waals surface area contributed by atoms with Gasteiger partial charge in [0.05, 0.1) is 22.3 Å². The van der Waals surface area contributed by atoms with Gasteiger partial charge >= 0.3 is 0 Å². The summed E-state index contributed by atoms with van der Waals surface area (Å²) in [5, 5.41) is 12.4. The number of ether oxygens (including phenoxy) is 1. The van der Waals surface area contributed by atoms with Gasteiger partial charge in [-0.3, -0.25) is 0 Å². The molecule has 0 atom stereocenters. The molecule has 0 amide bonds. The van der Waals surface area contributed by atoms with Crippen LogP contribution in [0.5, 0.6) is 5.75 Å². The molecule has 0 saturated heterocycles. The van der Waals surface area contributed by atoms with Gasteiger partial charge in [-0.1, -0.05) is 17.7 Å². The Labute approximate surface area is 109 Å². The van der Waals surface area contributed by atoms with Crippen molar-refractivity contribution in [2.75, 3.05) is 0 Å². The molecule has 0 aliphatic heterocycles. The van der Waals surface area contributed by atoms with E-state index in [0.29, 0.717) is 17.4 Å². The van der Waals surface area contributed by atoms with Crippen LogP contribution >= 0.6 is 22.9 Å². The molecule has 1 heterocycles. The third-order valence-electron chi connectivity index (χ3n) is 2.22. The Hall–Kier alpha value is -1.10. The van der Waals surface area contributed by atoms with Crippen molar-refractivity contribution < 1.29 is 9.84 Å². The molecule has 0 bridgehead atoms. The van der Waals surface area contributed by atoms with Gasteiger partial charge in [-0.15, -0.1) is 11.3 Å². The normalized spacial score (nSPS) is 10.5. The Kier molecular flexibility index (Phi) is 3.99. The smallest absolute Gasteiger partial charge is 0.138 e. The summed E-state index contributed by atoms with van der Waals surface area (Å²) in [7, 11) is 0. The van der Waals surface area contributed by atoms with Gasteiger partial charge in [0.15, 0.2) is 0 Å². The van der Waals surface area contributed by atoms with Crippen molar-refractivity contribution in [1.82, 2.24) is 4.98 Å². The van der Waals surface area contributed by atoms with Gasteiger partial charge in [0.25, 0.3) is 0 Å². The zero-order chi connectivity index (χ0) is 12.3. The van der Waals surface area contributed by atoms with E-state index in [0.717, 1.165) is 16.3 Å². The summed E-state index contributed by atoms with van der Waals surface area (Å²) in [4.78, 5) is 4.30. The second kappa shape index (κ2) is 5.49. The van der Waals surface area contributed by atoms with Crippen LogP contribution in [0.1, 0.15) is 16.3 Å². The van der Waals surface area contributed by atoms with Gasteiger partial charge in [0.2, 0.25) is 0 Å². The van der Waals surface area contributed by atoms with Gasteiger partial charge in [-0.25, -0.2) is 4.98 Å². The zero-order valence-electron chi connectivity index (χ0n) is 9.31. The lowest BCUT2D eigenvalue weighted by atomic mass is 10.2. The molecule has 2 aromatic rings. The van der Waals surface area contributed by atoms with Crippen LogP contribution in [-0.2, 0) is 13.2 Å². The van der Waals surface area contributed by atoms with Crippen LogP contribution < -0.4 is 4.74 Å². The lowest BCUT2D eigenvalue weighted by Crippen LogP contribution is -1.97. The Morgan fingerprint density at radius 1 is 1.47 bits per heavy atom. The molecule has 17 heavy (non-hydrogen) atoms. The average Bonchev–Trinajstić information content (AvgIpc) is 2.73. The second-order valence-electron chi connectivity index (χ2n) is 3.57. The number of aliphatic hydroxyl groups is 1. The van der Waals surface area contributed by atoms with Crippen LogP contribution in [0, 0.1) is 6.92 Å². The van der Waals surface area contributed by atoms with E-state index in [9.17, 15) is 0 Å². The lowest BCUT2D eigenvalue weighted by molar-refractivity contribution is 0.280. The predicted molar refractivity (Wildman–Crippen MR) is 68.6 cm³/mol. The van der Waals surface area contributed by atoms with Crippen LogP contribution in [0.15, 0.2) is 23.6 Å². The van der Waals surface area contributed by atoms with E-state index in [1.54, 1.807) is 29.5 Å². The summed E-state index contributed by atoms with van der Waals surface area (Å²) in [5.41, 5.74) is 1.67. The Morgan fingerprint density at radius 2 is 2.29 bits per heavy atom. The number of benzene rings is 1. The fourth-order valence-electron chi connectivity index (χ4n) is 1.39. The SMILES string of the molecule is Cc1nc(COc2ccc(CO)cc2Cl)cs1. The molecule has 0 aliphatic rings. The largest absolute Gasteiger partial charge is 0.486 e. The number of hydrogen-bond donors (Lipinski definition) is 1. The maximum Gasteiger partial charge on any atom is 0.138 e. The topological polar surface area (TPSA) is 42.4 Å². The first-order valence-corrected chi connectivity index (χ1v) is 6.38. The Balaban J connectivity index is 2.04. The maximum atomic E-state index is 8.96. The third kappa shape index (κ3) is 3.19. The summed E-state index contributed by atoms with van der Waals surface area (Å²) < 4.78 is 5.57. The number of thiazole rings is 1. The van der Waals surface area contributed by atoms with Crippen LogP contribution in [0.3, 0.4) is 0 Å². The van der Waals surface area contributed by atoms with Crippen LogP contribution in [0.25, 0.3) is 0 Å². The van der Waals surface area contributed by atoms with E-state index in [1.807, 2.05) is 12.3 Å². The molecule has 2 rings (SSSR count). The molecule has 0 unspecified atom stereocenters. The first-order chi connectivity index (χ1) is 8.19. The fourth-order valence-corrected chi connectivity index (χ4v) is 2.24. The summed E-state index contributed by atoms with van der Waals surface area (Å²) in [6.45, 7) is 2.34. The van der Waals surface area contributed by atoms with Gasteiger partial charge in [0, 0.05) is 5.38 Å². The highest BCUT2D eigenvalue weighted by Gasteiger charge is 2.04. The highest BCUT2D eigenvalue weighted by molar-refractivity contribution is 7.09. The molecule has 0 aliphatic carbocycles. The minimum Gasteiger partial charge on any atom is -0.486 e. The van der Waals surface area contributed by atoms with Crippen molar-refractivity contribution >= 4 is 22.9 Å². The zero-order valence-corrected chi connectivity index (χ0v) is 10.9. The molecular weight excluding hydrogens is 258 g/mol. The van der Waals surface area contributed by atoms with Gasteiger partial charge in [-0.2, -0.15) is 0 Å².